The smallest absolute Gasteiger partial charge is 0.126 e. The van der Waals surface area contributed by atoms with Gasteiger partial charge in [-0.05, 0) is 12.5 Å². The van der Waals surface area contributed by atoms with Crippen molar-refractivity contribution in [2.45, 2.75) is 12.5 Å². The van der Waals surface area contributed by atoms with Crippen LogP contribution in [0.3, 0.4) is 0 Å². The Balaban J connectivity index is 3.11. The molecular formula is C3H6BrCl3Si. The lowest BCUT2D eigenvalue weighted by Gasteiger charge is -2.03. The van der Waals surface area contributed by atoms with E-state index in [4.69, 9.17) is 33.2 Å². The Hall–Kier alpha value is 1.57. The number of rotatable bonds is 3. The highest BCUT2D eigenvalue weighted by Gasteiger charge is 2.23. The number of hydrogen-bond acceptors (Lipinski definition) is 0. The minimum Gasteiger partial charge on any atom is -0.126 e. The van der Waals surface area contributed by atoms with Gasteiger partial charge in [-0.2, -0.15) is 0 Å². The third-order valence-corrected chi connectivity index (χ3v) is 3.78. The molecule has 0 aliphatic rings. The molecular weight excluding hydrogens is 250 g/mol. The molecule has 0 aliphatic heterocycles. The first-order valence-electron chi connectivity index (χ1n) is 2.19. The van der Waals surface area contributed by atoms with E-state index in [1.807, 2.05) is 0 Å². The van der Waals surface area contributed by atoms with Crippen LogP contribution >= 0.6 is 49.2 Å². The summed E-state index contributed by atoms with van der Waals surface area (Å²) < 4.78 is 0. The average molecular weight is 256 g/mol. The molecule has 0 N–H and O–H groups in total. The standard InChI is InChI=1S/C3H6BrCl3Si/c4-2-1-3-8(5,6)7/h1-3H2. The quantitative estimate of drug-likeness (QED) is 0.412. The molecule has 0 atom stereocenters. The van der Waals surface area contributed by atoms with Crippen molar-refractivity contribution in [1.82, 2.24) is 0 Å². The van der Waals surface area contributed by atoms with E-state index in [2.05, 4.69) is 15.9 Å². The molecule has 0 radical (unpaired) electrons. The largest absolute Gasteiger partial charge is 0.341 e. The second kappa shape index (κ2) is 4.39. The van der Waals surface area contributed by atoms with Gasteiger partial charge >= 0.3 is 6.00 Å². The van der Waals surface area contributed by atoms with Crippen molar-refractivity contribution < 1.29 is 0 Å². The van der Waals surface area contributed by atoms with Gasteiger partial charge in [-0.25, -0.2) is 0 Å². The highest BCUT2D eigenvalue weighted by molar-refractivity contribution is 9.09. The van der Waals surface area contributed by atoms with Crippen molar-refractivity contribution in [1.29, 1.82) is 0 Å². The minimum atomic E-state index is -2.29. The van der Waals surface area contributed by atoms with Crippen molar-refractivity contribution >= 4 is 55.2 Å². The molecule has 0 nitrogen and oxygen atoms in total. The Kier molecular flexibility index (Phi) is 5.25. The molecule has 8 heavy (non-hydrogen) atoms. The van der Waals surface area contributed by atoms with Gasteiger partial charge in [0.1, 0.15) is 0 Å². The zero-order valence-electron chi connectivity index (χ0n) is 4.13. The summed E-state index contributed by atoms with van der Waals surface area (Å²) >= 11 is 19.9. The summed E-state index contributed by atoms with van der Waals surface area (Å²) in [4.78, 5) is 0. The van der Waals surface area contributed by atoms with Gasteiger partial charge in [-0.1, -0.05) is 15.9 Å². The van der Waals surface area contributed by atoms with Gasteiger partial charge < -0.3 is 0 Å². The molecule has 0 rings (SSSR count). The van der Waals surface area contributed by atoms with Crippen LogP contribution in [0.5, 0.6) is 0 Å². The van der Waals surface area contributed by atoms with Crippen LogP contribution in [0.15, 0.2) is 0 Å². The first-order chi connectivity index (χ1) is 3.56. The predicted molar refractivity (Wildman–Crippen MR) is 46.5 cm³/mol. The maximum atomic E-state index is 5.56. The highest BCUT2D eigenvalue weighted by Crippen LogP contribution is 2.26. The van der Waals surface area contributed by atoms with E-state index in [1.165, 1.54) is 0 Å². The lowest BCUT2D eigenvalue weighted by Crippen LogP contribution is -2.07. The van der Waals surface area contributed by atoms with Crippen LogP contribution in [-0.2, 0) is 0 Å². The van der Waals surface area contributed by atoms with E-state index in [-0.39, 0.29) is 0 Å². The summed E-state index contributed by atoms with van der Waals surface area (Å²) in [5.74, 6) is 0. The Morgan fingerprint density at radius 1 is 1.25 bits per heavy atom. The number of hydrogen-bond donors (Lipinski definition) is 0. The molecule has 0 bridgehead atoms. The fourth-order valence-electron chi connectivity index (χ4n) is 0.267. The van der Waals surface area contributed by atoms with Crippen LogP contribution in [0.4, 0.5) is 0 Å². The third-order valence-electron chi connectivity index (χ3n) is 0.594. The Labute approximate surface area is 72.7 Å². The first-order valence-corrected chi connectivity index (χ1v) is 8.55. The van der Waals surface area contributed by atoms with Crippen molar-refractivity contribution in [3.63, 3.8) is 0 Å². The molecule has 0 aromatic heterocycles. The van der Waals surface area contributed by atoms with Crippen molar-refractivity contribution in [3.05, 3.63) is 0 Å². The maximum Gasteiger partial charge on any atom is 0.341 e. The van der Waals surface area contributed by atoms with Gasteiger partial charge in [-0.3, -0.25) is 0 Å². The van der Waals surface area contributed by atoms with E-state index in [0.29, 0.717) is 0 Å². The number of halogens is 4. The topological polar surface area (TPSA) is 0 Å². The maximum absolute atomic E-state index is 5.56. The summed E-state index contributed by atoms with van der Waals surface area (Å²) in [5, 5.41) is 0.925. The van der Waals surface area contributed by atoms with E-state index in [9.17, 15) is 0 Å². The lowest BCUT2D eigenvalue weighted by atomic mass is 10.6. The summed E-state index contributed by atoms with van der Waals surface area (Å²) in [5.41, 5.74) is 0. The van der Waals surface area contributed by atoms with Gasteiger partial charge in [0.15, 0.2) is 0 Å². The molecule has 0 saturated carbocycles. The van der Waals surface area contributed by atoms with Crippen LogP contribution in [0.1, 0.15) is 6.42 Å². The lowest BCUT2D eigenvalue weighted by molar-refractivity contribution is 1.10. The monoisotopic (exact) mass is 254 g/mol. The zero-order chi connectivity index (χ0) is 6.62. The average Bonchev–Trinajstić information content (AvgIpc) is 1.59. The second-order valence-corrected chi connectivity index (χ2v) is 11.5. The fraction of sp³-hybridized carbons (Fsp3) is 1.00. The fourth-order valence-corrected chi connectivity index (χ4v) is 2.85. The van der Waals surface area contributed by atoms with Gasteiger partial charge in [0.05, 0.1) is 0 Å². The summed E-state index contributed by atoms with van der Waals surface area (Å²) in [6.07, 6.45) is 0.961. The molecule has 0 spiro atoms. The van der Waals surface area contributed by atoms with E-state index in [0.717, 1.165) is 17.8 Å². The molecule has 0 amide bonds. The molecule has 0 fully saturated rings. The normalized spacial score (nSPS) is 12.0. The summed E-state index contributed by atoms with van der Waals surface area (Å²) in [7, 11) is 0. The van der Waals surface area contributed by atoms with Gasteiger partial charge in [0.2, 0.25) is 0 Å². The molecule has 0 unspecified atom stereocenters. The Bertz CT molecular complexity index is 62.0. The van der Waals surface area contributed by atoms with Crippen LogP contribution in [0, 0.1) is 0 Å². The molecule has 0 heterocycles. The molecule has 0 saturated heterocycles. The summed E-state index contributed by atoms with van der Waals surface area (Å²) in [6.45, 7) is 0. The molecule has 0 aromatic carbocycles. The summed E-state index contributed by atoms with van der Waals surface area (Å²) in [6, 6.07) is -1.54. The van der Waals surface area contributed by atoms with Crippen molar-refractivity contribution in [2.75, 3.05) is 5.33 Å². The highest BCUT2D eigenvalue weighted by atomic mass is 79.9. The van der Waals surface area contributed by atoms with Crippen molar-refractivity contribution in [3.8, 4) is 0 Å². The SMILES string of the molecule is Cl[Si](Cl)(Cl)CCCBr. The van der Waals surface area contributed by atoms with Gasteiger partial charge in [0.25, 0.3) is 0 Å². The Morgan fingerprint density at radius 3 is 1.88 bits per heavy atom. The zero-order valence-corrected chi connectivity index (χ0v) is 8.99. The molecule has 0 aliphatic carbocycles. The molecule has 5 heteroatoms. The second-order valence-electron chi connectivity index (χ2n) is 1.41. The van der Waals surface area contributed by atoms with Crippen LogP contribution in [-0.4, -0.2) is 11.3 Å². The Morgan fingerprint density at radius 2 is 1.75 bits per heavy atom. The van der Waals surface area contributed by atoms with Gasteiger partial charge in [0, 0.05) is 5.33 Å². The first kappa shape index (κ1) is 9.57. The van der Waals surface area contributed by atoms with Crippen LogP contribution in [0.25, 0.3) is 0 Å². The minimum absolute atomic E-state index is 0.753. The van der Waals surface area contributed by atoms with Crippen LogP contribution < -0.4 is 0 Å². The van der Waals surface area contributed by atoms with Crippen LogP contribution in [0.2, 0.25) is 6.04 Å². The van der Waals surface area contributed by atoms with E-state index >= 15 is 0 Å². The van der Waals surface area contributed by atoms with E-state index < -0.39 is 6.00 Å². The number of alkyl halides is 1. The van der Waals surface area contributed by atoms with E-state index in [1.54, 1.807) is 0 Å². The van der Waals surface area contributed by atoms with Crippen molar-refractivity contribution in [2.24, 2.45) is 0 Å². The predicted octanol–water partition coefficient (Wildman–Crippen LogP) is 3.43. The molecule has 50 valence electrons. The third kappa shape index (κ3) is 7.57. The molecule has 0 aromatic rings. The van der Waals surface area contributed by atoms with Gasteiger partial charge in [-0.15, -0.1) is 33.2 Å².